The lowest BCUT2D eigenvalue weighted by Crippen LogP contribution is -2.37. The number of esters is 1. The first-order valence-corrected chi connectivity index (χ1v) is 5.87. The molecule has 1 aromatic rings. The molecular formula is C11H9F2IO4. The Morgan fingerprint density at radius 2 is 1.83 bits per heavy atom. The van der Waals surface area contributed by atoms with Crippen molar-refractivity contribution in [3.05, 3.63) is 33.4 Å². The van der Waals surface area contributed by atoms with Crippen LogP contribution in [0.1, 0.15) is 18.6 Å². The lowest BCUT2D eigenvalue weighted by Gasteiger charge is -2.23. The maximum atomic E-state index is 13.5. The number of benzene rings is 1. The quantitative estimate of drug-likeness (QED) is 0.654. The molecule has 0 saturated carbocycles. The maximum Gasteiger partial charge on any atom is 0.382 e. The molecule has 0 spiro atoms. The van der Waals surface area contributed by atoms with Crippen LogP contribution < -0.4 is 0 Å². The van der Waals surface area contributed by atoms with Crippen molar-refractivity contribution in [3.8, 4) is 0 Å². The lowest BCUT2D eigenvalue weighted by molar-refractivity contribution is -0.193. The second-order valence-electron chi connectivity index (χ2n) is 3.47. The summed E-state index contributed by atoms with van der Waals surface area (Å²) in [5.41, 5.74) is -0.0713. The summed E-state index contributed by atoms with van der Waals surface area (Å²) in [7, 11) is 0. The Bertz CT molecular complexity index is 459. The molecule has 0 heterocycles. The minimum Gasteiger partial charge on any atom is -0.477 e. The summed E-state index contributed by atoms with van der Waals surface area (Å²) in [6, 6.07) is 5.63. The third-order valence-corrected chi connectivity index (χ3v) is 2.79. The van der Waals surface area contributed by atoms with Crippen molar-refractivity contribution in [2.45, 2.75) is 19.0 Å². The van der Waals surface area contributed by atoms with Gasteiger partial charge in [0.05, 0.1) is 0 Å². The van der Waals surface area contributed by atoms with Crippen molar-refractivity contribution < 1.29 is 28.2 Å². The van der Waals surface area contributed by atoms with Crippen LogP contribution in [0, 0.1) is 3.57 Å². The zero-order valence-corrected chi connectivity index (χ0v) is 11.4. The molecule has 7 heteroatoms. The van der Waals surface area contributed by atoms with E-state index >= 15 is 0 Å². The number of carboxylic acid groups (broad SMARTS) is 1. The SMILES string of the molecule is CC(=O)OC(c1ccc(I)cc1)C(F)(F)C(=O)O. The van der Waals surface area contributed by atoms with Gasteiger partial charge in [0, 0.05) is 10.5 Å². The third kappa shape index (κ3) is 3.37. The van der Waals surface area contributed by atoms with Gasteiger partial charge in [-0.15, -0.1) is 0 Å². The van der Waals surface area contributed by atoms with Gasteiger partial charge in [0.25, 0.3) is 0 Å². The van der Waals surface area contributed by atoms with Crippen LogP contribution in [-0.2, 0) is 14.3 Å². The van der Waals surface area contributed by atoms with Gasteiger partial charge in [0.15, 0.2) is 0 Å². The predicted octanol–water partition coefficient (Wildman–Crippen LogP) is 2.62. The molecule has 0 amide bonds. The Morgan fingerprint density at radius 3 is 2.22 bits per heavy atom. The Morgan fingerprint density at radius 1 is 1.33 bits per heavy atom. The van der Waals surface area contributed by atoms with Crippen LogP contribution in [0.2, 0.25) is 0 Å². The van der Waals surface area contributed by atoms with E-state index in [4.69, 9.17) is 5.11 Å². The van der Waals surface area contributed by atoms with E-state index in [1.807, 2.05) is 22.6 Å². The number of halogens is 3. The van der Waals surface area contributed by atoms with Crippen molar-refractivity contribution in [2.24, 2.45) is 0 Å². The van der Waals surface area contributed by atoms with Gasteiger partial charge in [-0.05, 0) is 40.3 Å². The van der Waals surface area contributed by atoms with E-state index in [1.165, 1.54) is 24.3 Å². The number of aliphatic carboxylic acids is 1. The van der Waals surface area contributed by atoms with Gasteiger partial charge in [-0.25, -0.2) is 4.79 Å². The van der Waals surface area contributed by atoms with Gasteiger partial charge in [0.2, 0.25) is 6.10 Å². The number of carbonyl (C=O) groups is 2. The fourth-order valence-corrected chi connectivity index (χ4v) is 1.63. The first-order chi connectivity index (χ1) is 8.25. The highest BCUT2D eigenvalue weighted by molar-refractivity contribution is 14.1. The predicted molar refractivity (Wildman–Crippen MR) is 66.2 cm³/mol. The monoisotopic (exact) mass is 370 g/mol. The highest BCUT2D eigenvalue weighted by Crippen LogP contribution is 2.35. The minimum absolute atomic E-state index is 0.0713. The average molecular weight is 370 g/mol. The summed E-state index contributed by atoms with van der Waals surface area (Å²) in [6.07, 6.45) is -2.13. The standard InChI is InChI=1S/C11H9F2IO4/c1-6(15)18-9(11(12,13)10(16)17)7-2-4-8(14)5-3-7/h2-5,9H,1H3,(H,16,17). The molecule has 18 heavy (non-hydrogen) atoms. The van der Waals surface area contributed by atoms with E-state index < -0.39 is 24.0 Å². The molecule has 1 atom stereocenters. The zero-order valence-electron chi connectivity index (χ0n) is 9.19. The molecule has 0 saturated heterocycles. The molecule has 0 radical (unpaired) electrons. The van der Waals surface area contributed by atoms with Crippen LogP contribution in [0.3, 0.4) is 0 Å². The third-order valence-electron chi connectivity index (χ3n) is 2.07. The minimum atomic E-state index is -4.18. The van der Waals surface area contributed by atoms with E-state index in [0.717, 1.165) is 10.5 Å². The molecule has 0 aliphatic carbocycles. The molecule has 1 rings (SSSR count). The van der Waals surface area contributed by atoms with Crippen LogP contribution >= 0.6 is 22.6 Å². The maximum absolute atomic E-state index is 13.5. The topological polar surface area (TPSA) is 63.6 Å². The first kappa shape index (κ1) is 14.8. The van der Waals surface area contributed by atoms with Gasteiger partial charge in [0.1, 0.15) is 0 Å². The van der Waals surface area contributed by atoms with Crippen molar-refractivity contribution in [2.75, 3.05) is 0 Å². The number of ether oxygens (including phenoxy) is 1. The van der Waals surface area contributed by atoms with Gasteiger partial charge in [-0.2, -0.15) is 8.78 Å². The molecule has 1 aromatic carbocycles. The van der Waals surface area contributed by atoms with Gasteiger partial charge in [-0.3, -0.25) is 4.79 Å². The molecule has 0 aliphatic rings. The average Bonchev–Trinajstić information content (AvgIpc) is 2.26. The van der Waals surface area contributed by atoms with E-state index in [-0.39, 0.29) is 5.56 Å². The second-order valence-corrected chi connectivity index (χ2v) is 4.71. The Kier molecular flexibility index (Phi) is 4.60. The number of alkyl halides is 2. The fourth-order valence-electron chi connectivity index (χ4n) is 1.27. The van der Waals surface area contributed by atoms with Crippen molar-refractivity contribution in [1.82, 2.24) is 0 Å². The first-order valence-electron chi connectivity index (χ1n) is 4.79. The van der Waals surface area contributed by atoms with Crippen molar-refractivity contribution >= 4 is 34.5 Å². The molecule has 0 fully saturated rings. The molecule has 1 N–H and O–H groups in total. The number of carbonyl (C=O) groups excluding carboxylic acids is 1. The Balaban J connectivity index is 3.17. The summed E-state index contributed by atoms with van der Waals surface area (Å²) >= 11 is 1.97. The summed E-state index contributed by atoms with van der Waals surface area (Å²) in [6.45, 7) is 0.942. The summed E-state index contributed by atoms with van der Waals surface area (Å²) in [5, 5.41) is 8.50. The summed E-state index contributed by atoms with van der Waals surface area (Å²) in [4.78, 5) is 21.4. The van der Waals surface area contributed by atoms with Crippen molar-refractivity contribution in [1.29, 1.82) is 0 Å². The highest BCUT2D eigenvalue weighted by atomic mass is 127. The number of carboxylic acids is 1. The number of hydrogen-bond donors (Lipinski definition) is 1. The smallest absolute Gasteiger partial charge is 0.382 e. The Labute approximate surface area is 115 Å². The van der Waals surface area contributed by atoms with E-state index in [2.05, 4.69) is 4.74 Å². The van der Waals surface area contributed by atoms with E-state index in [0.29, 0.717) is 0 Å². The molecule has 98 valence electrons. The number of hydrogen-bond acceptors (Lipinski definition) is 3. The normalized spacial score (nSPS) is 12.9. The summed E-state index contributed by atoms with van der Waals surface area (Å²) in [5.74, 6) is -7.50. The molecule has 0 aromatic heterocycles. The van der Waals surface area contributed by atoms with Gasteiger partial charge in [-0.1, -0.05) is 12.1 Å². The summed E-state index contributed by atoms with van der Waals surface area (Å²) < 4.78 is 32.2. The molecule has 4 nitrogen and oxygen atoms in total. The van der Waals surface area contributed by atoms with Gasteiger partial charge < -0.3 is 9.84 Å². The Hall–Kier alpha value is -1.25. The molecule has 1 unspecified atom stereocenters. The van der Waals surface area contributed by atoms with Crippen LogP contribution in [0.25, 0.3) is 0 Å². The van der Waals surface area contributed by atoms with Crippen molar-refractivity contribution in [3.63, 3.8) is 0 Å². The van der Waals surface area contributed by atoms with Gasteiger partial charge >= 0.3 is 17.9 Å². The second kappa shape index (κ2) is 5.59. The zero-order chi connectivity index (χ0) is 13.9. The van der Waals surface area contributed by atoms with E-state index in [9.17, 15) is 18.4 Å². The largest absolute Gasteiger partial charge is 0.477 e. The van der Waals surface area contributed by atoms with Crippen LogP contribution in [0.5, 0.6) is 0 Å². The van der Waals surface area contributed by atoms with Crippen LogP contribution in [-0.4, -0.2) is 23.0 Å². The lowest BCUT2D eigenvalue weighted by atomic mass is 10.0. The number of rotatable bonds is 4. The van der Waals surface area contributed by atoms with Crippen LogP contribution in [0.15, 0.2) is 24.3 Å². The van der Waals surface area contributed by atoms with Crippen LogP contribution in [0.4, 0.5) is 8.78 Å². The molecular weight excluding hydrogens is 361 g/mol. The molecule has 0 bridgehead atoms. The highest BCUT2D eigenvalue weighted by Gasteiger charge is 2.50. The molecule has 0 aliphatic heterocycles. The fraction of sp³-hybridized carbons (Fsp3) is 0.273. The van der Waals surface area contributed by atoms with E-state index in [1.54, 1.807) is 0 Å².